The number of aromatic hydroxyl groups is 2. The Hall–Kier alpha value is -4.17. The fraction of sp³-hybridized carbons (Fsp3) is 0. The molecule has 154 valence electrons. The van der Waals surface area contributed by atoms with E-state index in [0.29, 0.717) is 17.2 Å². The molecule has 31 heavy (non-hydrogen) atoms. The molecule has 0 aromatic heterocycles. The van der Waals surface area contributed by atoms with Crippen LogP contribution in [0.15, 0.2) is 78.4 Å². The lowest BCUT2D eigenvalue weighted by Crippen LogP contribution is -2.54. The molecule has 0 aliphatic carbocycles. The molecule has 0 unspecified atom stereocenters. The number of benzene rings is 3. The second kappa shape index (κ2) is 8.29. The van der Waals surface area contributed by atoms with Crippen LogP contribution in [0.5, 0.6) is 23.0 Å². The van der Waals surface area contributed by atoms with Gasteiger partial charge in [-0.1, -0.05) is 18.2 Å². The van der Waals surface area contributed by atoms with Crippen LogP contribution in [-0.4, -0.2) is 27.1 Å². The van der Waals surface area contributed by atoms with Crippen molar-refractivity contribution in [3.8, 4) is 23.0 Å². The van der Waals surface area contributed by atoms with Gasteiger partial charge in [-0.2, -0.15) is 0 Å². The van der Waals surface area contributed by atoms with Crippen molar-refractivity contribution in [2.24, 2.45) is 0 Å². The van der Waals surface area contributed by atoms with Gasteiger partial charge in [-0.15, -0.1) is 0 Å². The first-order chi connectivity index (χ1) is 14.9. The Labute approximate surface area is 182 Å². The zero-order valence-electron chi connectivity index (χ0n) is 16.0. The molecule has 7 nitrogen and oxygen atoms in total. The normalized spacial score (nSPS) is 15.2. The molecular weight excluding hydrogens is 416 g/mol. The van der Waals surface area contributed by atoms with Gasteiger partial charge in [0, 0.05) is 5.56 Å². The quantitative estimate of drug-likeness (QED) is 0.252. The summed E-state index contributed by atoms with van der Waals surface area (Å²) in [4.78, 5) is 26.6. The summed E-state index contributed by atoms with van der Waals surface area (Å²) >= 11 is 5.19. The van der Waals surface area contributed by atoms with Crippen LogP contribution in [0.2, 0.25) is 0 Å². The summed E-state index contributed by atoms with van der Waals surface area (Å²) in [7, 11) is 0. The molecule has 2 amide bonds. The second-order valence-electron chi connectivity index (χ2n) is 6.61. The number of rotatable bonds is 4. The van der Waals surface area contributed by atoms with Crippen LogP contribution >= 0.6 is 12.2 Å². The topological polar surface area (TPSA) is 99.1 Å². The highest BCUT2D eigenvalue weighted by Gasteiger charge is 2.34. The maximum Gasteiger partial charge on any atom is 0.270 e. The molecule has 0 atom stereocenters. The van der Waals surface area contributed by atoms with Crippen molar-refractivity contribution in [2.45, 2.75) is 0 Å². The van der Waals surface area contributed by atoms with Crippen molar-refractivity contribution in [3.05, 3.63) is 83.9 Å². The van der Waals surface area contributed by atoms with Crippen LogP contribution in [-0.2, 0) is 9.59 Å². The predicted molar refractivity (Wildman–Crippen MR) is 119 cm³/mol. The molecule has 3 N–H and O–H groups in total. The van der Waals surface area contributed by atoms with Gasteiger partial charge in [-0.25, -0.2) is 0 Å². The third kappa shape index (κ3) is 4.24. The van der Waals surface area contributed by atoms with Crippen molar-refractivity contribution in [1.29, 1.82) is 0 Å². The number of thiocarbonyl (C=S) groups is 1. The number of nitrogens with zero attached hydrogens (tertiary/aromatic N) is 1. The van der Waals surface area contributed by atoms with E-state index in [-0.39, 0.29) is 27.7 Å². The fourth-order valence-electron chi connectivity index (χ4n) is 2.99. The molecule has 3 aromatic carbocycles. The smallest absolute Gasteiger partial charge is 0.270 e. The Kier molecular flexibility index (Phi) is 5.38. The molecule has 0 bridgehead atoms. The molecular formula is C23H16N2O5S. The number of hydrogen-bond donors (Lipinski definition) is 3. The van der Waals surface area contributed by atoms with Crippen LogP contribution in [0.4, 0.5) is 5.69 Å². The molecule has 1 aliphatic rings. The van der Waals surface area contributed by atoms with Crippen molar-refractivity contribution in [1.82, 2.24) is 5.32 Å². The van der Waals surface area contributed by atoms with Gasteiger partial charge in [0.2, 0.25) is 0 Å². The Balaban J connectivity index is 1.62. The van der Waals surface area contributed by atoms with E-state index in [1.54, 1.807) is 24.3 Å². The lowest BCUT2D eigenvalue weighted by molar-refractivity contribution is -0.122. The van der Waals surface area contributed by atoms with E-state index in [9.17, 15) is 19.8 Å². The van der Waals surface area contributed by atoms with Gasteiger partial charge in [-0.05, 0) is 72.9 Å². The minimum absolute atomic E-state index is 0.0657. The number of ether oxygens (including phenoxy) is 1. The first-order valence-electron chi connectivity index (χ1n) is 9.19. The van der Waals surface area contributed by atoms with Gasteiger partial charge in [-0.3, -0.25) is 19.8 Å². The fourth-order valence-corrected chi connectivity index (χ4v) is 3.27. The number of carbonyl (C=O) groups excluding carboxylic acids is 2. The van der Waals surface area contributed by atoms with Gasteiger partial charge in [0.15, 0.2) is 5.11 Å². The van der Waals surface area contributed by atoms with Crippen LogP contribution in [0.3, 0.4) is 0 Å². The number of phenols is 2. The summed E-state index contributed by atoms with van der Waals surface area (Å²) in [6, 6.07) is 19.7. The first kappa shape index (κ1) is 20.1. The molecule has 3 aromatic rings. The molecule has 8 heteroatoms. The van der Waals surface area contributed by atoms with E-state index < -0.39 is 11.8 Å². The Morgan fingerprint density at radius 2 is 1.58 bits per heavy atom. The lowest BCUT2D eigenvalue weighted by atomic mass is 10.1. The summed E-state index contributed by atoms with van der Waals surface area (Å²) in [6.45, 7) is 0. The van der Waals surface area contributed by atoms with E-state index in [1.807, 2.05) is 30.3 Å². The maximum atomic E-state index is 13.1. The van der Waals surface area contributed by atoms with Gasteiger partial charge in [0.25, 0.3) is 11.8 Å². The summed E-state index contributed by atoms with van der Waals surface area (Å²) in [6.07, 6.45) is 1.20. The van der Waals surface area contributed by atoms with Crippen molar-refractivity contribution >= 4 is 40.9 Å². The Bertz CT molecular complexity index is 1210. The van der Waals surface area contributed by atoms with Crippen LogP contribution < -0.4 is 15.0 Å². The molecule has 0 radical (unpaired) electrons. The number of nitrogens with one attached hydrogen (secondary N) is 1. The van der Waals surface area contributed by atoms with E-state index in [2.05, 4.69) is 5.32 Å². The van der Waals surface area contributed by atoms with Crippen molar-refractivity contribution < 1.29 is 24.5 Å². The van der Waals surface area contributed by atoms with Gasteiger partial charge in [0.05, 0.1) is 5.69 Å². The van der Waals surface area contributed by atoms with Gasteiger partial charge < -0.3 is 14.9 Å². The Morgan fingerprint density at radius 1 is 0.903 bits per heavy atom. The number of carbonyl (C=O) groups is 2. The second-order valence-corrected chi connectivity index (χ2v) is 7.00. The number of hydrogen-bond acceptors (Lipinski definition) is 6. The summed E-state index contributed by atoms with van der Waals surface area (Å²) in [5.74, 6) is -0.424. The standard InChI is InChI=1S/C23H16N2O5S/c26-16-8-11-20(27)14(12-16)13-19-21(28)24-23(31)25(22(19)29)15-6-9-18(10-7-15)30-17-4-2-1-3-5-17/h1-13,26-27H,(H,24,28,31)/b19-13+. The highest BCUT2D eigenvalue weighted by molar-refractivity contribution is 7.80. The minimum Gasteiger partial charge on any atom is -0.508 e. The number of phenolic OH excluding ortho intramolecular Hbond substituents is 2. The highest BCUT2D eigenvalue weighted by Crippen LogP contribution is 2.29. The molecule has 1 saturated heterocycles. The number of para-hydroxylation sites is 1. The average molecular weight is 432 g/mol. The zero-order chi connectivity index (χ0) is 22.0. The van der Waals surface area contributed by atoms with E-state index in [0.717, 1.165) is 0 Å². The SMILES string of the molecule is O=C1NC(=S)N(c2ccc(Oc3ccccc3)cc2)C(=O)/C1=C/c1cc(O)ccc1O. The molecule has 0 saturated carbocycles. The predicted octanol–water partition coefficient (Wildman–Crippen LogP) is 3.72. The monoisotopic (exact) mass is 432 g/mol. The van der Waals surface area contributed by atoms with E-state index >= 15 is 0 Å². The lowest BCUT2D eigenvalue weighted by Gasteiger charge is -2.29. The molecule has 1 heterocycles. The highest BCUT2D eigenvalue weighted by atomic mass is 32.1. The summed E-state index contributed by atoms with van der Waals surface area (Å²) < 4.78 is 5.75. The van der Waals surface area contributed by atoms with Crippen molar-refractivity contribution in [3.63, 3.8) is 0 Å². The summed E-state index contributed by atoms with van der Waals surface area (Å²) in [5.41, 5.74) is 0.318. The first-order valence-corrected chi connectivity index (χ1v) is 9.59. The van der Waals surface area contributed by atoms with Crippen molar-refractivity contribution in [2.75, 3.05) is 4.90 Å². The zero-order valence-corrected chi connectivity index (χ0v) is 16.8. The third-order valence-electron chi connectivity index (χ3n) is 4.49. The molecule has 1 aliphatic heterocycles. The molecule has 0 spiro atoms. The molecule has 1 fully saturated rings. The average Bonchev–Trinajstić information content (AvgIpc) is 2.75. The number of amides is 2. The third-order valence-corrected chi connectivity index (χ3v) is 4.77. The number of anilines is 1. The Morgan fingerprint density at radius 3 is 2.29 bits per heavy atom. The van der Waals surface area contributed by atoms with Crippen LogP contribution in [0.25, 0.3) is 6.08 Å². The van der Waals surface area contributed by atoms with Gasteiger partial charge in [0.1, 0.15) is 28.6 Å². The van der Waals surface area contributed by atoms with E-state index in [1.165, 1.54) is 29.2 Å². The van der Waals surface area contributed by atoms with Crippen LogP contribution in [0.1, 0.15) is 5.56 Å². The molecule has 4 rings (SSSR count). The van der Waals surface area contributed by atoms with Crippen LogP contribution in [0, 0.1) is 0 Å². The summed E-state index contributed by atoms with van der Waals surface area (Å²) in [5, 5.41) is 22.0. The van der Waals surface area contributed by atoms with E-state index in [4.69, 9.17) is 17.0 Å². The van der Waals surface area contributed by atoms with Gasteiger partial charge >= 0.3 is 0 Å². The largest absolute Gasteiger partial charge is 0.508 e. The minimum atomic E-state index is -0.696. The maximum absolute atomic E-state index is 13.1.